The summed E-state index contributed by atoms with van der Waals surface area (Å²) in [5.74, 6) is -1.52. The first-order valence-corrected chi connectivity index (χ1v) is 6.82. The predicted octanol–water partition coefficient (Wildman–Crippen LogP) is 0.0707. The highest BCUT2D eigenvalue weighted by atomic mass is 16.5. The van der Waals surface area contributed by atoms with Crippen molar-refractivity contribution < 1.29 is 29.0 Å². The number of nitrogens with one attached hydrogen (secondary N) is 1. The number of carbonyl (C=O) groups is 3. The van der Waals surface area contributed by atoms with Crippen molar-refractivity contribution in [1.29, 1.82) is 0 Å². The Balaban J connectivity index is 2.47. The van der Waals surface area contributed by atoms with E-state index >= 15 is 0 Å². The summed E-state index contributed by atoms with van der Waals surface area (Å²) in [6, 6.07) is -1.75. The molecule has 1 atom stereocenters. The normalized spacial score (nSPS) is 17.1. The summed E-state index contributed by atoms with van der Waals surface area (Å²) < 4.78 is 9.50. The van der Waals surface area contributed by atoms with Gasteiger partial charge in [0.15, 0.2) is 0 Å². The van der Waals surface area contributed by atoms with Gasteiger partial charge in [-0.25, -0.2) is 9.59 Å². The van der Waals surface area contributed by atoms with Gasteiger partial charge >= 0.3 is 18.0 Å². The predicted molar refractivity (Wildman–Crippen MR) is 72.8 cm³/mol. The van der Waals surface area contributed by atoms with E-state index in [2.05, 4.69) is 10.1 Å². The number of piperidine rings is 1. The van der Waals surface area contributed by atoms with Crippen LogP contribution in [-0.4, -0.2) is 67.9 Å². The molecule has 8 nitrogen and oxygen atoms in total. The Kier molecular flexibility index (Phi) is 6.93. The molecule has 1 fully saturated rings. The van der Waals surface area contributed by atoms with Gasteiger partial charge in [0.25, 0.3) is 0 Å². The molecule has 8 heteroatoms. The number of ether oxygens (including phenoxy) is 2. The van der Waals surface area contributed by atoms with Gasteiger partial charge in [-0.15, -0.1) is 0 Å². The number of carboxylic acid groups (broad SMARTS) is 1. The maximum absolute atomic E-state index is 12.0. The van der Waals surface area contributed by atoms with E-state index in [1.54, 1.807) is 12.0 Å². The summed E-state index contributed by atoms with van der Waals surface area (Å²) in [7, 11) is 2.81. The lowest BCUT2D eigenvalue weighted by molar-refractivity contribution is -0.147. The van der Waals surface area contributed by atoms with Gasteiger partial charge in [-0.2, -0.15) is 0 Å². The van der Waals surface area contributed by atoms with Crippen molar-refractivity contribution in [2.45, 2.75) is 25.3 Å². The number of esters is 1. The van der Waals surface area contributed by atoms with Gasteiger partial charge < -0.3 is 24.8 Å². The van der Waals surface area contributed by atoms with E-state index in [1.807, 2.05) is 0 Å². The van der Waals surface area contributed by atoms with Crippen LogP contribution in [0, 0.1) is 5.92 Å². The summed E-state index contributed by atoms with van der Waals surface area (Å²) in [5.41, 5.74) is 0. The Bertz CT molecular complexity index is 379. The molecule has 0 aromatic heterocycles. The van der Waals surface area contributed by atoms with E-state index in [4.69, 9.17) is 9.84 Å². The Morgan fingerprint density at radius 3 is 2.38 bits per heavy atom. The summed E-state index contributed by atoms with van der Waals surface area (Å²) in [6.45, 7) is 1.75. The molecule has 1 aliphatic rings. The van der Waals surface area contributed by atoms with Gasteiger partial charge in [-0.3, -0.25) is 4.79 Å². The van der Waals surface area contributed by atoms with E-state index in [1.165, 1.54) is 7.11 Å². The number of nitrogens with zero attached hydrogens (tertiary/aromatic N) is 1. The van der Waals surface area contributed by atoms with Crippen molar-refractivity contribution in [2.75, 3.05) is 33.9 Å². The number of urea groups is 1. The second-order valence-corrected chi connectivity index (χ2v) is 5.01. The maximum Gasteiger partial charge on any atom is 0.326 e. The summed E-state index contributed by atoms with van der Waals surface area (Å²) >= 11 is 0. The third-order valence-electron chi connectivity index (χ3n) is 3.50. The molecule has 1 rings (SSSR count). The van der Waals surface area contributed by atoms with Crippen molar-refractivity contribution in [3.63, 3.8) is 0 Å². The molecule has 2 amide bonds. The molecule has 2 N–H and O–H groups in total. The largest absolute Gasteiger partial charge is 0.480 e. The molecule has 0 aromatic rings. The van der Waals surface area contributed by atoms with Gasteiger partial charge in [-0.1, -0.05) is 0 Å². The lowest BCUT2D eigenvalue weighted by Gasteiger charge is -2.32. The maximum atomic E-state index is 12.0. The van der Waals surface area contributed by atoms with Crippen LogP contribution in [0.5, 0.6) is 0 Å². The summed E-state index contributed by atoms with van der Waals surface area (Å²) in [4.78, 5) is 35.8. The van der Waals surface area contributed by atoms with Crippen LogP contribution in [0.1, 0.15) is 19.3 Å². The minimum Gasteiger partial charge on any atom is -0.480 e. The molecule has 0 unspecified atom stereocenters. The average Bonchev–Trinajstić information content (AvgIpc) is 2.47. The monoisotopic (exact) mass is 302 g/mol. The van der Waals surface area contributed by atoms with Crippen molar-refractivity contribution >= 4 is 18.0 Å². The summed E-state index contributed by atoms with van der Waals surface area (Å²) in [5, 5.41) is 11.4. The zero-order valence-corrected chi connectivity index (χ0v) is 12.3. The molecule has 0 radical (unpaired) electrons. The number of likely N-dealkylation sites (tertiary alicyclic amines) is 1. The minimum atomic E-state index is -1.28. The third-order valence-corrected chi connectivity index (χ3v) is 3.50. The number of carbonyl (C=O) groups excluding carboxylic acids is 2. The quantitative estimate of drug-likeness (QED) is 0.673. The van der Waals surface area contributed by atoms with E-state index in [-0.39, 0.29) is 0 Å². The molecular formula is C13H22N2O6. The number of methoxy groups -OCH3 is 2. The van der Waals surface area contributed by atoms with Crippen LogP contribution in [0.2, 0.25) is 0 Å². The Morgan fingerprint density at radius 2 is 1.90 bits per heavy atom. The first-order valence-electron chi connectivity index (χ1n) is 6.82. The van der Waals surface area contributed by atoms with Gasteiger partial charge in [0.1, 0.15) is 6.04 Å². The topological polar surface area (TPSA) is 105 Å². The third kappa shape index (κ3) is 5.58. The molecular weight excluding hydrogens is 280 g/mol. The molecule has 0 spiro atoms. The van der Waals surface area contributed by atoms with Crippen LogP contribution < -0.4 is 5.32 Å². The highest BCUT2D eigenvalue weighted by Crippen LogP contribution is 2.17. The van der Waals surface area contributed by atoms with Gasteiger partial charge in [-0.05, 0) is 18.8 Å². The van der Waals surface area contributed by atoms with Crippen molar-refractivity contribution in [3.05, 3.63) is 0 Å². The van der Waals surface area contributed by atoms with Crippen LogP contribution in [-0.2, 0) is 19.1 Å². The molecule has 0 aliphatic carbocycles. The molecule has 21 heavy (non-hydrogen) atoms. The number of rotatable bonds is 6. The fraction of sp³-hybridized carbons (Fsp3) is 0.769. The zero-order chi connectivity index (χ0) is 15.8. The summed E-state index contributed by atoms with van der Waals surface area (Å²) in [6.07, 6.45) is 1.24. The number of carboxylic acids is 1. The van der Waals surface area contributed by atoms with Crippen LogP contribution in [0.15, 0.2) is 0 Å². The zero-order valence-electron chi connectivity index (χ0n) is 12.3. The molecule has 0 saturated carbocycles. The smallest absolute Gasteiger partial charge is 0.326 e. The minimum absolute atomic E-state index is 0.391. The number of hydrogen-bond donors (Lipinski definition) is 2. The number of aliphatic carboxylic acids is 1. The lowest BCUT2D eigenvalue weighted by atomic mass is 9.98. The van der Waals surface area contributed by atoms with Crippen molar-refractivity contribution in [3.8, 4) is 0 Å². The molecule has 1 heterocycles. The highest BCUT2D eigenvalue weighted by molar-refractivity contribution is 5.86. The van der Waals surface area contributed by atoms with Gasteiger partial charge in [0.2, 0.25) is 0 Å². The fourth-order valence-electron chi connectivity index (χ4n) is 2.23. The highest BCUT2D eigenvalue weighted by Gasteiger charge is 2.28. The van der Waals surface area contributed by atoms with Crippen molar-refractivity contribution in [1.82, 2.24) is 10.2 Å². The van der Waals surface area contributed by atoms with Crippen LogP contribution >= 0.6 is 0 Å². The lowest BCUT2D eigenvalue weighted by Crippen LogP contribution is -2.51. The SMILES string of the molecule is COCC1CCN(C(=O)N[C@@H](CC(=O)OC)C(=O)O)CC1. The Labute approximate surface area is 123 Å². The van der Waals surface area contributed by atoms with Gasteiger partial charge in [0, 0.05) is 26.8 Å². The standard InChI is InChI=1S/C13H22N2O6/c1-20-8-9-3-5-15(6-4-9)13(19)14-10(12(17)18)7-11(16)21-2/h9-10H,3-8H2,1-2H3,(H,14,19)(H,17,18)/t10-/m0/s1. The molecule has 0 bridgehead atoms. The first-order chi connectivity index (χ1) is 9.97. The van der Waals surface area contributed by atoms with Gasteiger partial charge in [0.05, 0.1) is 13.5 Å². The second kappa shape index (κ2) is 8.46. The average molecular weight is 302 g/mol. The number of hydrogen-bond acceptors (Lipinski definition) is 5. The van der Waals surface area contributed by atoms with E-state index < -0.39 is 30.4 Å². The van der Waals surface area contributed by atoms with Crippen molar-refractivity contribution in [2.24, 2.45) is 5.92 Å². The van der Waals surface area contributed by atoms with E-state index in [0.29, 0.717) is 25.6 Å². The Morgan fingerprint density at radius 1 is 1.29 bits per heavy atom. The second-order valence-electron chi connectivity index (χ2n) is 5.01. The fourth-order valence-corrected chi connectivity index (χ4v) is 2.23. The van der Waals surface area contributed by atoms with Crippen LogP contribution in [0.25, 0.3) is 0 Å². The van der Waals surface area contributed by atoms with Crippen LogP contribution in [0.4, 0.5) is 4.79 Å². The number of amides is 2. The van der Waals surface area contributed by atoms with E-state index in [9.17, 15) is 14.4 Å². The molecule has 120 valence electrons. The first kappa shape index (κ1) is 17.2. The molecule has 1 aliphatic heterocycles. The van der Waals surface area contributed by atoms with Crippen LogP contribution in [0.3, 0.4) is 0 Å². The molecule has 1 saturated heterocycles. The Hall–Kier alpha value is -1.83. The molecule has 0 aromatic carbocycles. The van der Waals surface area contributed by atoms with E-state index in [0.717, 1.165) is 12.8 Å².